The molecule has 0 fully saturated rings. The number of methoxy groups -OCH3 is 2. The number of halogens is 1. The first-order valence-electron chi connectivity index (χ1n) is 7.80. The summed E-state index contributed by atoms with van der Waals surface area (Å²) in [6, 6.07) is 10.3. The molecule has 0 aliphatic carbocycles. The Hall–Kier alpha value is -3.18. The van der Waals surface area contributed by atoms with Crippen molar-refractivity contribution in [2.75, 3.05) is 26.3 Å². The second-order valence-corrected chi connectivity index (χ2v) is 6.28. The number of amides is 1. The quantitative estimate of drug-likeness (QED) is 0.573. The number of hydrogen-bond donors (Lipinski definition) is 1. The largest absolute Gasteiger partial charge is 0.493 e. The Bertz CT molecular complexity index is 965. The molecule has 0 atom stereocenters. The molecule has 1 amide bonds. The number of hydrogen-bond acceptors (Lipinski definition) is 6. The first kappa shape index (κ1) is 18.6. The van der Waals surface area contributed by atoms with Crippen LogP contribution < -0.4 is 24.3 Å². The maximum atomic E-state index is 12.5. The summed E-state index contributed by atoms with van der Waals surface area (Å²) in [5.41, 5.74) is 1.03. The standard InChI is InChI=1S/C19H15BrN2O5/c1-24-15-4-3-13(7-16(15)25-2)22-19(23)12(9-21)5-11-6-17-18(8-14(11)20)27-10-26-17/h3-8H,10H2,1-2H3,(H,22,23)/b12-5+. The van der Waals surface area contributed by atoms with E-state index in [1.807, 2.05) is 6.07 Å². The number of rotatable bonds is 5. The molecular weight excluding hydrogens is 416 g/mol. The molecule has 7 nitrogen and oxygen atoms in total. The van der Waals surface area contributed by atoms with Gasteiger partial charge in [-0.3, -0.25) is 4.79 Å². The summed E-state index contributed by atoms with van der Waals surface area (Å²) in [6.45, 7) is 0.139. The predicted molar refractivity (Wildman–Crippen MR) is 102 cm³/mol. The fourth-order valence-electron chi connectivity index (χ4n) is 2.46. The van der Waals surface area contributed by atoms with E-state index in [4.69, 9.17) is 18.9 Å². The van der Waals surface area contributed by atoms with E-state index in [2.05, 4.69) is 21.2 Å². The number of carbonyl (C=O) groups is 1. The summed E-state index contributed by atoms with van der Waals surface area (Å²) in [7, 11) is 3.02. The molecule has 3 rings (SSSR count). The highest BCUT2D eigenvalue weighted by molar-refractivity contribution is 9.10. The van der Waals surface area contributed by atoms with Crippen LogP contribution in [-0.2, 0) is 4.79 Å². The normalized spacial score (nSPS) is 12.3. The van der Waals surface area contributed by atoms with Gasteiger partial charge in [0.1, 0.15) is 11.6 Å². The molecular formula is C19H15BrN2O5. The van der Waals surface area contributed by atoms with Gasteiger partial charge in [0.15, 0.2) is 23.0 Å². The fourth-order valence-corrected chi connectivity index (χ4v) is 2.90. The topological polar surface area (TPSA) is 89.8 Å². The number of ether oxygens (including phenoxy) is 4. The molecule has 2 aromatic carbocycles. The Balaban J connectivity index is 1.85. The van der Waals surface area contributed by atoms with Crippen LogP contribution in [0, 0.1) is 11.3 Å². The van der Waals surface area contributed by atoms with Crippen molar-refractivity contribution in [3.8, 4) is 29.1 Å². The minimum atomic E-state index is -0.547. The van der Waals surface area contributed by atoms with Crippen LogP contribution in [0.5, 0.6) is 23.0 Å². The van der Waals surface area contributed by atoms with Crippen LogP contribution in [0.1, 0.15) is 5.56 Å². The monoisotopic (exact) mass is 430 g/mol. The van der Waals surface area contributed by atoms with Crippen LogP contribution in [0.4, 0.5) is 5.69 Å². The number of benzene rings is 2. The van der Waals surface area contributed by atoms with Crippen molar-refractivity contribution < 1.29 is 23.7 Å². The Morgan fingerprint density at radius 1 is 1.19 bits per heavy atom. The zero-order chi connectivity index (χ0) is 19.4. The molecule has 1 aliphatic rings. The maximum absolute atomic E-state index is 12.5. The van der Waals surface area contributed by atoms with Crippen molar-refractivity contribution >= 4 is 33.6 Å². The van der Waals surface area contributed by atoms with Gasteiger partial charge in [0.2, 0.25) is 6.79 Å². The summed E-state index contributed by atoms with van der Waals surface area (Å²) in [5.74, 6) is 1.62. The third-order valence-electron chi connectivity index (χ3n) is 3.80. The van der Waals surface area contributed by atoms with Gasteiger partial charge < -0.3 is 24.3 Å². The summed E-state index contributed by atoms with van der Waals surface area (Å²) in [5, 5.41) is 12.1. The number of fused-ring (bicyclic) bond motifs is 1. The van der Waals surface area contributed by atoms with Crippen LogP contribution in [-0.4, -0.2) is 26.9 Å². The SMILES string of the molecule is COc1ccc(NC(=O)/C(C#N)=C/c2cc3c(cc2Br)OCO3)cc1OC. The molecule has 0 saturated heterocycles. The molecule has 0 unspecified atom stereocenters. The molecule has 138 valence electrons. The van der Waals surface area contributed by atoms with Gasteiger partial charge in [-0.1, -0.05) is 15.9 Å². The summed E-state index contributed by atoms with van der Waals surface area (Å²) >= 11 is 3.41. The summed E-state index contributed by atoms with van der Waals surface area (Å²) < 4.78 is 21.7. The average molecular weight is 431 g/mol. The van der Waals surface area contributed by atoms with E-state index in [9.17, 15) is 10.1 Å². The van der Waals surface area contributed by atoms with Gasteiger partial charge in [-0.25, -0.2) is 0 Å². The van der Waals surface area contributed by atoms with Gasteiger partial charge in [-0.2, -0.15) is 5.26 Å². The zero-order valence-corrected chi connectivity index (χ0v) is 16.1. The lowest BCUT2D eigenvalue weighted by atomic mass is 10.1. The van der Waals surface area contributed by atoms with E-state index in [1.54, 1.807) is 30.3 Å². The number of nitrogens with one attached hydrogen (secondary N) is 1. The van der Waals surface area contributed by atoms with Crippen LogP contribution in [0.15, 0.2) is 40.4 Å². The minimum absolute atomic E-state index is 0.0654. The molecule has 0 radical (unpaired) electrons. The number of anilines is 1. The van der Waals surface area contributed by atoms with E-state index in [0.29, 0.717) is 38.7 Å². The first-order chi connectivity index (χ1) is 13.0. The van der Waals surface area contributed by atoms with Crippen molar-refractivity contribution in [1.29, 1.82) is 5.26 Å². The van der Waals surface area contributed by atoms with Crippen molar-refractivity contribution in [1.82, 2.24) is 0 Å². The third-order valence-corrected chi connectivity index (χ3v) is 4.48. The lowest BCUT2D eigenvalue weighted by molar-refractivity contribution is -0.112. The zero-order valence-electron chi connectivity index (χ0n) is 14.5. The molecule has 0 spiro atoms. The Morgan fingerprint density at radius 3 is 2.56 bits per heavy atom. The number of carbonyl (C=O) groups excluding carboxylic acids is 1. The highest BCUT2D eigenvalue weighted by atomic mass is 79.9. The molecule has 2 aromatic rings. The maximum Gasteiger partial charge on any atom is 0.266 e. The van der Waals surface area contributed by atoms with E-state index >= 15 is 0 Å². The minimum Gasteiger partial charge on any atom is -0.493 e. The van der Waals surface area contributed by atoms with Crippen molar-refractivity contribution in [3.05, 3.63) is 45.9 Å². The van der Waals surface area contributed by atoms with Crippen molar-refractivity contribution in [2.45, 2.75) is 0 Å². The Kier molecular flexibility index (Phi) is 5.52. The molecule has 1 aliphatic heterocycles. The highest BCUT2D eigenvalue weighted by Crippen LogP contribution is 2.37. The molecule has 0 saturated carbocycles. The molecule has 8 heteroatoms. The van der Waals surface area contributed by atoms with Crippen molar-refractivity contribution in [2.24, 2.45) is 0 Å². The molecule has 1 heterocycles. The van der Waals surface area contributed by atoms with Gasteiger partial charge in [0.25, 0.3) is 5.91 Å². The number of nitriles is 1. The van der Waals surface area contributed by atoms with E-state index < -0.39 is 5.91 Å². The lowest BCUT2D eigenvalue weighted by Gasteiger charge is -2.10. The molecule has 1 N–H and O–H groups in total. The Morgan fingerprint density at radius 2 is 1.89 bits per heavy atom. The van der Waals surface area contributed by atoms with Gasteiger partial charge in [-0.15, -0.1) is 0 Å². The Labute approximate surface area is 164 Å². The van der Waals surface area contributed by atoms with Crippen molar-refractivity contribution in [3.63, 3.8) is 0 Å². The van der Waals surface area contributed by atoms with E-state index in [0.717, 1.165) is 0 Å². The third kappa shape index (κ3) is 3.99. The van der Waals surface area contributed by atoms with Crippen LogP contribution in [0.25, 0.3) is 6.08 Å². The van der Waals surface area contributed by atoms with Gasteiger partial charge in [0.05, 0.1) is 14.2 Å². The van der Waals surface area contributed by atoms with Gasteiger partial charge in [-0.05, 0) is 35.9 Å². The smallest absolute Gasteiger partial charge is 0.266 e. The van der Waals surface area contributed by atoms with Gasteiger partial charge >= 0.3 is 0 Å². The molecule has 0 bridgehead atoms. The summed E-state index contributed by atoms with van der Waals surface area (Å²) in [4.78, 5) is 12.5. The summed E-state index contributed by atoms with van der Waals surface area (Å²) in [6.07, 6.45) is 1.47. The fraction of sp³-hybridized carbons (Fsp3) is 0.158. The van der Waals surface area contributed by atoms with Crippen LogP contribution in [0.2, 0.25) is 0 Å². The molecule has 0 aromatic heterocycles. The highest BCUT2D eigenvalue weighted by Gasteiger charge is 2.17. The van der Waals surface area contributed by atoms with Gasteiger partial charge in [0, 0.05) is 16.2 Å². The second kappa shape index (κ2) is 8.01. The molecule has 27 heavy (non-hydrogen) atoms. The first-order valence-corrected chi connectivity index (χ1v) is 8.59. The number of nitrogens with zero attached hydrogens (tertiary/aromatic N) is 1. The predicted octanol–water partition coefficient (Wildman–Crippen LogP) is 3.74. The average Bonchev–Trinajstić information content (AvgIpc) is 3.12. The lowest BCUT2D eigenvalue weighted by Crippen LogP contribution is -2.13. The van der Waals surface area contributed by atoms with E-state index in [1.165, 1.54) is 20.3 Å². The van der Waals surface area contributed by atoms with Crippen LogP contribution in [0.3, 0.4) is 0 Å². The van der Waals surface area contributed by atoms with Crippen LogP contribution >= 0.6 is 15.9 Å². The van der Waals surface area contributed by atoms with E-state index in [-0.39, 0.29) is 12.4 Å². The second-order valence-electron chi connectivity index (χ2n) is 5.42.